The molecule has 0 saturated heterocycles. The number of rotatable bonds is 2. The number of ether oxygens (including phenoxy) is 1. The Morgan fingerprint density at radius 1 is 1.24 bits per heavy atom. The van der Waals surface area contributed by atoms with Crippen LogP contribution in [0.3, 0.4) is 0 Å². The van der Waals surface area contributed by atoms with Crippen molar-refractivity contribution in [3.8, 4) is 11.8 Å². The summed E-state index contributed by atoms with van der Waals surface area (Å²) in [5.74, 6) is 0.793. The number of fused-ring (bicyclic) bond motifs is 2. The molecule has 2 aromatic heterocycles. The summed E-state index contributed by atoms with van der Waals surface area (Å²) in [7, 11) is 0. The molecule has 0 fully saturated rings. The molecule has 0 radical (unpaired) electrons. The molecule has 0 N–H and O–H groups in total. The Balaban J connectivity index is 1.78. The molecule has 3 aromatic rings. The normalized spacial score (nSPS) is 15.6. The van der Waals surface area contributed by atoms with E-state index in [1.165, 1.54) is 0 Å². The van der Waals surface area contributed by atoms with Gasteiger partial charge in [-0.3, -0.25) is 0 Å². The van der Waals surface area contributed by atoms with E-state index in [1.807, 2.05) is 49.7 Å². The quantitative estimate of drug-likeness (QED) is 0.534. The topological polar surface area (TPSA) is 67.1 Å². The highest BCUT2D eigenvalue weighted by molar-refractivity contribution is 5.87. The van der Waals surface area contributed by atoms with Crippen LogP contribution < -0.4 is 14.9 Å². The molecule has 1 aliphatic rings. The van der Waals surface area contributed by atoms with Crippen molar-refractivity contribution < 1.29 is 13.7 Å². The van der Waals surface area contributed by atoms with Crippen LogP contribution >= 0.6 is 0 Å². The average Bonchev–Trinajstić information content (AvgIpc) is 3.00. The Labute approximate surface area is 144 Å². The molecule has 1 aromatic carbocycles. The van der Waals surface area contributed by atoms with Gasteiger partial charge in [0.2, 0.25) is 0 Å². The Morgan fingerprint density at radius 3 is 2.72 bits per heavy atom. The Bertz CT molecular complexity index is 1080. The van der Waals surface area contributed by atoms with Gasteiger partial charge in [-0.05, 0) is 31.0 Å². The third kappa shape index (κ3) is 2.47. The molecule has 0 saturated carbocycles. The Kier molecular flexibility index (Phi) is 3.54. The van der Waals surface area contributed by atoms with Crippen LogP contribution in [0.25, 0.3) is 11.0 Å². The van der Waals surface area contributed by atoms with Gasteiger partial charge < -0.3 is 9.15 Å². The number of aromatic nitrogens is 1. The zero-order valence-corrected chi connectivity index (χ0v) is 14.1. The van der Waals surface area contributed by atoms with E-state index in [2.05, 4.69) is 4.57 Å². The predicted molar refractivity (Wildman–Crippen MR) is 91.4 cm³/mol. The van der Waals surface area contributed by atoms with Crippen molar-refractivity contribution in [2.45, 2.75) is 32.9 Å². The average molecular weight is 333 g/mol. The maximum absolute atomic E-state index is 12.0. The lowest BCUT2D eigenvalue weighted by molar-refractivity contribution is -0.702. The predicted octanol–water partition coefficient (Wildman–Crippen LogP) is 2.57. The van der Waals surface area contributed by atoms with Crippen LogP contribution in [0, 0.1) is 25.2 Å². The van der Waals surface area contributed by atoms with E-state index in [9.17, 15) is 10.1 Å². The molecule has 0 aliphatic carbocycles. The van der Waals surface area contributed by atoms with Crippen molar-refractivity contribution in [2.24, 2.45) is 0 Å². The summed E-state index contributed by atoms with van der Waals surface area (Å²) in [6.07, 6.45) is 4.84. The maximum Gasteiger partial charge on any atom is 0.354 e. The standard InChI is InChI=1S/C20H17N2O3/c1-12-16-9-14-8-15(11-22-6-4-3-5-7-22)24-18(14)13(2)19(16)25-20(23)17(12)10-21/h3-7,9,15H,8,11H2,1-2H3/q+1. The number of nitrogens with zero attached hydrogens (tertiary/aromatic N) is 2. The summed E-state index contributed by atoms with van der Waals surface area (Å²) in [4.78, 5) is 12.0. The summed E-state index contributed by atoms with van der Waals surface area (Å²) < 4.78 is 13.6. The van der Waals surface area contributed by atoms with E-state index in [-0.39, 0.29) is 11.7 Å². The lowest BCUT2D eigenvalue weighted by Gasteiger charge is -2.10. The third-order valence-corrected chi connectivity index (χ3v) is 4.75. The van der Waals surface area contributed by atoms with Gasteiger partial charge in [0.05, 0.1) is 0 Å². The molecule has 1 atom stereocenters. The fourth-order valence-corrected chi connectivity index (χ4v) is 3.48. The third-order valence-electron chi connectivity index (χ3n) is 4.75. The van der Waals surface area contributed by atoms with E-state index < -0.39 is 5.63 Å². The van der Waals surface area contributed by atoms with Gasteiger partial charge in [0.15, 0.2) is 25.0 Å². The van der Waals surface area contributed by atoms with Gasteiger partial charge in [-0.25, -0.2) is 9.36 Å². The molecule has 25 heavy (non-hydrogen) atoms. The molecular formula is C20H17N2O3+. The molecule has 5 heteroatoms. The molecule has 3 heterocycles. The summed E-state index contributed by atoms with van der Waals surface area (Å²) in [5.41, 5.74) is 2.56. The van der Waals surface area contributed by atoms with Gasteiger partial charge in [-0.1, -0.05) is 6.07 Å². The summed E-state index contributed by atoms with van der Waals surface area (Å²) in [6, 6.07) is 9.90. The van der Waals surface area contributed by atoms with Crippen molar-refractivity contribution in [1.82, 2.24) is 0 Å². The first-order chi connectivity index (χ1) is 12.1. The maximum atomic E-state index is 12.0. The molecule has 0 bridgehead atoms. The highest BCUT2D eigenvalue weighted by Gasteiger charge is 2.30. The summed E-state index contributed by atoms with van der Waals surface area (Å²) >= 11 is 0. The second kappa shape index (κ2) is 5.75. The van der Waals surface area contributed by atoms with Crippen LogP contribution in [0.1, 0.15) is 22.3 Å². The van der Waals surface area contributed by atoms with Gasteiger partial charge in [-0.2, -0.15) is 5.26 Å². The van der Waals surface area contributed by atoms with E-state index in [1.54, 1.807) is 6.92 Å². The molecule has 1 unspecified atom stereocenters. The minimum atomic E-state index is -0.593. The highest BCUT2D eigenvalue weighted by atomic mass is 16.5. The van der Waals surface area contributed by atoms with Crippen molar-refractivity contribution in [3.63, 3.8) is 0 Å². The number of aryl methyl sites for hydroxylation is 2. The van der Waals surface area contributed by atoms with E-state index in [0.29, 0.717) is 11.1 Å². The smallest absolute Gasteiger partial charge is 0.354 e. The molecule has 5 nitrogen and oxygen atoms in total. The molecular weight excluding hydrogens is 316 g/mol. The minimum absolute atomic E-state index is 0.0281. The number of nitriles is 1. The van der Waals surface area contributed by atoms with Crippen LogP contribution in [0.2, 0.25) is 0 Å². The second-order valence-electron chi connectivity index (χ2n) is 6.38. The summed E-state index contributed by atoms with van der Waals surface area (Å²) in [6.45, 7) is 4.43. The van der Waals surface area contributed by atoms with E-state index in [0.717, 1.165) is 35.2 Å². The second-order valence-corrected chi connectivity index (χ2v) is 6.38. The fraction of sp³-hybridized carbons (Fsp3) is 0.250. The molecule has 4 rings (SSSR count). The van der Waals surface area contributed by atoms with Crippen LogP contribution in [0.15, 0.2) is 45.9 Å². The fourth-order valence-electron chi connectivity index (χ4n) is 3.48. The van der Waals surface area contributed by atoms with Gasteiger partial charge in [0.25, 0.3) is 0 Å². The van der Waals surface area contributed by atoms with Gasteiger partial charge in [0.1, 0.15) is 23.0 Å². The van der Waals surface area contributed by atoms with E-state index >= 15 is 0 Å². The van der Waals surface area contributed by atoms with Crippen LogP contribution in [0.4, 0.5) is 0 Å². The largest absolute Gasteiger partial charge is 0.483 e. The van der Waals surface area contributed by atoms with Crippen LogP contribution in [-0.4, -0.2) is 6.10 Å². The lowest BCUT2D eigenvalue weighted by Crippen LogP contribution is -2.40. The molecule has 0 spiro atoms. The number of pyridine rings is 1. The minimum Gasteiger partial charge on any atom is -0.483 e. The summed E-state index contributed by atoms with van der Waals surface area (Å²) in [5, 5.41) is 10.00. The SMILES string of the molecule is Cc1c(C#N)c(=O)oc2c(C)c3c(cc12)CC(C[n+]1ccccc1)O3. The highest BCUT2D eigenvalue weighted by Crippen LogP contribution is 2.38. The lowest BCUT2D eigenvalue weighted by atomic mass is 9.99. The molecule has 0 amide bonds. The van der Waals surface area contributed by atoms with Crippen LogP contribution in [-0.2, 0) is 13.0 Å². The van der Waals surface area contributed by atoms with Crippen molar-refractivity contribution in [1.29, 1.82) is 5.26 Å². The Morgan fingerprint density at radius 2 is 2.00 bits per heavy atom. The van der Waals surface area contributed by atoms with Gasteiger partial charge >= 0.3 is 5.63 Å². The number of hydrogen-bond donors (Lipinski definition) is 0. The van der Waals surface area contributed by atoms with E-state index in [4.69, 9.17) is 9.15 Å². The first-order valence-corrected chi connectivity index (χ1v) is 8.19. The Hall–Kier alpha value is -3.13. The van der Waals surface area contributed by atoms with Gasteiger partial charge in [0, 0.05) is 29.5 Å². The first kappa shape index (κ1) is 15.4. The number of benzene rings is 1. The van der Waals surface area contributed by atoms with Crippen molar-refractivity contribution in [3.05, 3.63) is 69.3 Å². The van der Waals surface area contributed by atoms with Crippen molar-refractivity contribution >= 4 is 11.0 Å². The molecule has 124 valence electrons. The molecule has 1 aliphatic heterocycles. The monoisotopic (exact) mass is 333 g/mol. The zero-order chi connectivity index (χ0) is 17.6. The van der Waals surface area contributed by atoms with Gasteiger partial charge in [-0.15, -0.1) is 0 Å². The zero-order valence-electron chi connectivity index (χ0n) is 14.1. The van der Waals surface area contributed by atoms with Crippen molar-refractivity contribution in [2.75, 3.05) is 0 Å². The van der Waals surface area contributed by atoms with Crippen LogP contribution in [0.5, 0.6) is 5.75 Å². The number of hydrogen-bond acceptors (Lipinski definition) is 4. The first-order valence-electron chi connectivity index (χ1n) is 8.19.